The van der Waals surface area contributed by atoms with Crippen LogP contribution in [0, 0.1) is 0 Å². The molecule has 1 aromatic heterocycles. The van der Waals surface area contributed by atoms with Crippen LogP contribution in [0.1, 0.15) is 25.2 Å². The van der Waals surface area contributed by atoms with E-state index in [-0.39, 0.29) is 6.54 Å². The maximum absolute atomic E-state index is 12.1. The number of aromatic nitrogens is 2. The molecule has 104 valence electrons. The Balaban J connectivity index is 2.64. The molecule has 18 heavy (non-hydrogen) atoms. The molecule has 0 aromatic carbocycles. The summed E-state index contributed by atoms with van der Waals surface area (Å²) in [6.07, 6.45) is -3.68. The zero-order valence-corrected chi connectivity index (χ0v) is 11.2. The van der Waals surface area contributed by atoms with Crippen LogP contribution in [-0.2, 0) is 19.5 Å². The van der Waals surface area contributed by atoms with Gasteiger partial charge in [0.1, 0.15) is 6.10 Å². The van der Waals surface area contributed by atoms with E-state index in [1.54, 1.807) is 4.68 Å². The third-order valence-electron chi connectivity index (χ3n) is 2.63. The van der Waals surface area contributed by atoms with E-state index in [2.05, 4.69) is 10.4 Å². The maximum atomic E-state index is 12.1. The summed E-state index contributed by atoms with van der Waals surface area (Å²) in [4.78, 5) is 0. The van der Waals surface area contributed by atoms with Gasteiger partial charge in [-0.25, -0.2) is 8.78 Å². The lowest BCUT2D eigenvalue weighted by molar-refractivity contribution is -0.00347. The van der Waals surface area contributed by atoms with Gasteiger partial charge < -0.3 is 10.4 Å². The number of aliphatic hydroxyl groups is 1. The van der Waals surface area contributed by atoms with Gasteiger partial charge in [0, 0.05) is 19.6 Å². The molecule has 0 aliphatic heterocycles. The molecule has 4 nitrogen and oxygen atoms in total. The second-order valence-corrected chi connectivity index (χ2v) is 4.29. The molecule has 0 radical (unpaired) electrons. The second kappa shape index (κ2) is 7.01. The van der Waals surface area contributed by atoms with Crippen molar-refractivity contribution in [1.82, 2.24) is 15.1 Å². The van der Waals surface area contributed by atoms with Crippen molar-refractivity contribution in [3.8, 4) is 0 Å². The lowest BCUT2D eigenvalue weighted by Crippen LogP contribution is -2.32. The summed E-state index contributed by atoms with van der Waals surface area (Å²) in [6, 6.07) is 0. The summed E-state index contributed by atoms with van der Waals surface area (Å²) in [5.41, 5.74) is 1.56. The number of nitrogens with one attached hydrogen (secondary N) is 1. The van der Waals surface area contributed by atoms with Gasteiger partial charge in [0.05, 0.1) is 16.4 Å². The third-order valence-corrected chi connectivity index (χ3v) is 3.07. The third kappa shape index (κ3) is 3.63. The second-order valence-electron chi connectivity index (χ2n) is 3.91. The Bertz CT molecular complexity index is 385. The first-order valence-electron chi connectivity index (χ1n) is 5.92. The topological polar surface area (TPSA) is 50.1 Å². The van der Waals surface area contributed by atoms with E-state index in [0.717, 1.165) is 17.8 Å². The molecule has 1 heterocycles. The van der Waals surface area contributed by atoms with Gasteiger partial charge in [-0.05, 0) is 13.3 Å². The Hall–Kier alpha value is -0.720. The fourth-order valence-corrected chi connectivity index (χ4v) is 1.95. The molecule has 0 aliphatic rings. The molecule has 0 spiro atoms. The fourth-order valence-electron chi connectivity index (χ4n) is 1.61. The van der Waals surface area contributed by atoms with Crippen LogP contribution in [0.15, 0.2) is 0 Å². The summed E-state index contributed by atoms with van der Waals surface area (Å²) in [5, 5.41) is 16.6. The van der Waals surface area contributed by atoms with Gasteiger partial charge in [-0.3, -0.25) is 4.68 Å². The molecular formula is C11H18ClF2N3O. The number of nitrogens with zero attached hydrogens (tertiary/aromatic N) is 2. The highest BCUT2D eigenvalue weighted by molar-refractivity contribution is 6.31. The minimum Gasteiger partial charge on any atom is -0.386 e. The van der Waals surface area contributed by atoms with Crippen LogP contribution in [0.4, 0.5) is 8.78 Å². The van der Waals surface area contributed by atoms with E-state index in [9.17, 15) is 8.78 Å². The highest BCUT2D eigenvalue weighted by Crippen LogP contribution is 2.21. The van der Waals surface area contributed by atoms with Crippen molar-refractivity contribution >= 4 is 11.6 Å². The van der Waals surface area contributed by atoms with Crippen molar-refractivity contribution in [2.45, 2.75) is 45.9 Å². The lowest BCUT2D eigenvalue weighted by atomic mass is 10.3. The number of rotatable bonds is 7. The van der Waals surface area contributed by atoms with E-state index in [1.165, 1.54) is 0 Å². The van der Waals surface area contributed by atoms with Gasteiger partial charge in [-0.15, -0.1) is 0 Å². The highest BCUT2D eigenvalue weighted by atomic mass is 35.5. The molecule has 0 saturated carbocycles. The normalized spacial score (nSPS) is 13.3. The number of aliphatic hydroxyl groups excluding tert-OH is 1. The number of halogens is 3. The standard InChI is InChI=1S/C11H18ClF2N3O/c1-3-7-10(12)8(17(4-2)16-7)5-15-6-9(18)11(13)14/h9,11,15,18H,3-6H2,1-2H3. The number of alkyl halides is 2. The Labute approximate surface area is 110 Å². The van der Waals surface area contributed by atoms with Gasteiger partial charge in [0.15, 0.2) is 0 Å². The summed E-state index contributed by atoms with van der Waals surface area (Å²) >= 11 is 6.15. The van der Waals surface area contributed by atoms with Gasteiger partial charge >= 0.3 is 0 Å². The molecule has 7 heteroatoms. The summed E-state index contributed by atoms with van der Waals surface area (Å²) in [7, 11) is 0. The zero-order chi connectivity index (χ0) is 13.7. The first-order chi connectivity index (χ1) is 8.51. The predicted octanol–water partition coefficient (Wildman–Crippen LogP) is 1.83. The minimum atomic E-state index is -2.74. The largest absolute Gasteiger partial charge is 0.386 e. The summed E-state index contributed by atoms with van der Waals surface area (Å²) < 4.78 is 25.9. The van der Waals surface area contributed by atoms with Crippen molar-refractivity contribution in [3.05, 3.63) is 16.4 Å². The average molecular weight is 282 g/mol. The molecule has 0 amide bonds. The van der Waals surface area contributed by atoms with Crippen LogP contribution in [0.5, 0.6) is 0 Å². The minimum absolute atomic E-state index is 0.176. The first-order valence-corrected chi connectivity index (χ1v) is 6.30. The van der Waals surface area contributed by atoms with Crippen molar-refractivity contribution in [1.29, 1.82) is 0 Å². The van der Waals surface area contributed by atoms with Crippen molar-refractivity contribution in [2.75, 3.05) is 6.54 Å². The predicted molar refractivity (Wildman–Crippen MR) is 66.0 cm³/mol. The molecule has 0 aliphatic carbocycles. The van der Waals surface area contributed by atoms with Crippen molar-refractivity contribution in [2.24, 2.45) is 0 Å². The fraction of sp³-hybridized carbons (Fsp3) is 0.727. The smallest absolute Gasteiger partial charge is 0.265 e. The Morgan fingerprint density at radius 3 is 2.61 bits per heavy atom. The number of hydrogen-bond acceptors (Lipinski definition) is 3. The quantitative estimate of drug-likeness (QED) is 0.802. The van der Waals surface area contributed by atoms with E-state index in [1.807, 2.05) is 13.8 Å². The molecule has 1 atom stereocenters. The Kier molecular flexibility index (Phi) is 5.98. The Morgan fingerprint density at radius 1 is 1.44 bits per heavy atom. The zero-order valence-electron chi connectivity index (χ0n) is 10.5. The van der Waals surface area contributed by atoms with E-state index >= 15 is 0 Å². The molecular weight excluding hydrogens is 264 g/mol. The van der Waals surface area contributed by atoms with Gasteiger partial charge in [-0.2, -0.15) is 5.10 Å². The molecule has 1 aromatic rings. The molecule has 0 saturated heterocycles. The van der Waals surface area contributed by atoms with Gasteiger partial charge in [0.25, 0.3) is 6.43 Å². The molecule has 1 unspecified atom stereocenters. The monoisotopic (exact) mass is 281 g/mol. The van der Waals surface area contributed by atoms with Crippen molar-refractivity contribution < 1.29 is 13.9 Å². The Morgan fingerprint density at radius 2 is 2.11 bits per heavy atom. The molecule has 0 bridgehead atoms. The number of aryl methyl sites for hydroxylation is 2. The van der Waals surface area contributed by atoms with E-state index < -0.39 is 12.5 Å². The molecule has 1 rings (SSSR count). The molecule has 2 N–H and O–H groups in total. The highest BCUT2D eigenvalue weighted by Gasteiger charge is 2.18. The SMILES string of the molecule is CCc1nn(CC)c(CNCC(O)C(F)F)c1Cl. The summed E-state index contributed by atoms with van der Waals surface area (Å²) in [5.74, 6) is 0. The average Bonchev–Trinajstić information content (AvgIpc) is 2.65. The maximum Gasteiger partial charge on any atom is 0.265 e. The van der Waals surface area contributed by atoms with Gasteiger partial charge in [-0.1, -0.05) is 18.5 Å². The molecule has 0 fully saturated rings. The number of hydrogen-bond donors (Lipinski definition) is 2. The van der Waals surface area contributed by atoms with Crippen LogP contribution >= 0.6 is 11.6 Å². The summed E-state index contributed by atoms with van der Waals surface area (Å²) in [6.45, 7) is 4.67. The van der Waals surface area contributed by atoms with Crippen LogP contribution in [0.25, 0.3) is 0 Å². The first kappa shape index (κ1) is 15.3. The van der Waals surface area contributed by atoms with Crippen LogP contribution in [-0.4, -0.2) is 34.0 Å². The van der Waals surface area contributed by atoms with Crippen LogP contribution < -0.4 is 5.32 Å². The van der Waals surface area contributed by atoms with Gasteiger partial charge in [0.2, 0.25) is 0 Å². The van der Waals surface area contributed by atoms with E-state index in [0.29, 0.717) is 18.1 Å². The van der Waals surface area contributed by atoms with E-state index in [4.69, 9.17) is 16.7 Å². The lowest BCUT2D eigenvalue weighted by Gasteiger charge is -2.11. The van der Waals surface area contributed by atoms with Crippen LogP contribution in [0.2, 0.25) is 5.02 Å². The van der Waals surface area contributed by atoms with Crippen molar-refractivity contribution in [3.63, 3.8) is 0 Å². The van der Waals surface area contributed by atoms with Crippen LogP contribution in [0.3, 0.4) is 0 Å².